The number of ketones is 1. The van der Waals surface area contributed by atoms with Gasteiger partial charge >= 0.3 is 0 Å². The topological polar surface area (TPSA) is 55.1 Å². The molecule has 0 radical (unpaired) electrons. The van der Waals surface area contributed by atoms with Crippen LogP contribution in [-0.4, -0.2) is 5.78 Å². The number of rotatable bonds is 2. The van der Waals surface area contributed by atoms with Crippen molar-refractivity contribution in [3.05, 3.63) is 29.8 Å². The maximum Gasteiger partial charge on any atom is 0.147 e. The number of nitrogen functional groups attached to an aromatic ring is 1. The standard InChI is InChI=1S/C16H22N2O/c1-15(2)12-8-9-16(15,3)14(19)13(12)10-4-6-11(18-17)7-5-10/h4-7,12-13,18H,8-9,17H2,1-3H3. The zero-order valence-corrected chi connectivity index (χ0v) is 11.9. The van der Waals surface area contributed by atoms with Gasteiger partial charge in [0.2, 0.25) is 0 Å². The Labute approximate surface area is 114 Å². The molecule has 3 atom stereocenters. The monoisotopic (exact) mass is 258 g/mol. The summed E-state index contributed by atoms with van der Waals surface area (Å²) in [6, 6.07) is 7.98. The van der Waals surface area contributed by atoms with Gasteiger partial charge in [-0.1, -0.05) is 32.9 Å². The molecule has 0 saturated heterocycles. The van der Waals surface area contributed by atoms with Crippen LogP contribution in [0.4, 0.5) is 5.69 Å². The number of Topliss-reactive ketones (excluding diaryl/α,β-unsaturated/α-hetero) is 1. The van der Waals surface area contributed by atoms with E-state index in [-0.39, 0.29) is 16.7 Å². The fourth-order valence-corrected chi connectivity index (χ4v) is 4.26. The van der Waals surface area contributed by atoms with E-state index in [0.717, 1.165) is 24.1 Å². The highest BCUT2D eigenvalue weighted by molar-refractivity contribution is 5.95. The lowest BCUT2D eigenvalue weighted by atomic mass is 9.70. The predicted octanol–water partition coefficient (Wildman–Crippen LogP) is 3.08. The number of hydrogen-bond acceptors (Lipinski definition) is 3. The van der Waals surface area contributed by atoms with E-state index in [1.807, 2.05) is 24.3 Å². The summed E-state index contributed by atoms with van der Waals surface area (Å²) in [5.74, 6) is 6.36. The second-order valence-electron chi connectivity index (χ2n) is 6.81. The molecule has 0 heterocycles. The van der Waals surface area contributed by atoms with Gasteiger partial charge in [0.1, 0.15) is 5.78 Å². The van der Waals surface area contributed by atoms with Crippen LogP contribution in [0.15, 0.2) is 24.3 Å². The number of fused-ring (bicyclic) bond motifs is 2. The Morgan fingerprint density at radius 1 is 1.21 bits per heavy atom. The number of anilines is 1. The van der Waals surface area contributed by atoms with Crippen molar-refractivity contribution in [1.82, 2.24) is 0 Å². The fourth-order valence-electron chi connectivity index (χ4n) is 4.26. The molecule has 19 heavy (non-hydrogen) atoms. The van der Waals surface area contributed by atoms with E-state index < -0.39 is 0 Å². The van der Waals surface area contributed by atoms with Gasteiger partial charge < -0.3 is 5.43 Å². The Kier molecular flexibility index (Phi) is 2.55. The maximum absolute atomic E-state index is 12.8. The van der Waals surface area contributed by atoms with Gasteiger partial charge in [-0.3, -0.25) is 10.6 Å². The van der Waals surface area contributed by atoms with Gasteiger partial charge in [-0.05, 0) is 41.9 Å². The summed E-state index contributed by atoms with van der Waals surface area (Å²) in [6.07, 6.45) is 2.21. The Hall–Kier alpha value is -1.35. The summed E-state index contributed by atoms with van der Waals surface area (Å²) in [7, 11) is 0. The van der Waals surface area contributed by atoms with Gasteiger partial charge in [0.25, 0.3) is 0 Å². The average Bonchev–Trinajstić information content (AvgIpc) is 2.71. The van der Waals surface area contributed by atoms with Crippen molar-refractivity contribution in [2.24, 2.45) is 22.6 Å². The molecule has 1 aromatic rings. The summed E-state index contributed by atoms with van der Waals surface area (Å²) in [5.41, 5.74) is 4.62. The first-order chi connectivity index (χ1) is 8.91. The third-order valence-electron chi connectivity index (χ3n) is 5.97. The molecule has 0 aromatic heterocycles. The van der Waals surface area contributed by atoms with Gasteiger partial charge in [-0.15, -0.1) is 0 Å². The second-order valence-corrected chi connectivity index (χ2v) is 6.81. The van der Waals surface area contributed by atoms with Crippen LogP contribution >= 0.6 is 0 Å². The number of nitrogens with two attached hydrogens (primary N) is 1. The molecule has 3 nitrogen and oxygen atoms in total. The first kappa shape index (κ1) is 12.7. The Balaban J connectivity index is 2.01. The summed E-state index contributed by atoms with van der Waals surface area (Å²) in [6.45, 7) is 6.68. The van der Waals surface area contributed by atoms with Gasteiger partial charge in [0.15, 0.2) is 0 Å². The van der Waals surface area contributed by atoms with Crippen LogP contribution in [-0.2, 0) is 4.79 Å². The number of hydrazine groups is 1. The molecule has 2 saturated carbocycles. The third kappa shape index (κ3) is 1.45. The van der Waals surface area contributed by atoms with Crippen molar-refractivity contribution in [3.63, 3.8) is 0 Å². The molecule has 2 aliphatic carbocycles. The zero-order chi connectivity index (χ0) is 13.8. The molecule has 2 bridgehead atoms. The summed E-state index contributed by atoms with van der Waals surface area (Å²) in [5, 5.41) is 0. The molecule has 1 aromatic carbocycles. The van der Waals surface area contributed by atoms with E-state index in [1.54, 1.807) is 0 Å². The molecule has 0 aliphatic heterocycles. The van der Waals surface area contributed by atoms with Crippen LogP contribution in [0.25, 0.3) is 0 Å². The average molecular weight is 258 g/mol. The highest BCUT2D eigenvalue weighted by atomic mass is 16.1. The molecule has 2 aliphatic rings. The lowest BCUT2D eigenvalue weighted by molar-refractivity contribution is -0.129. The largest absolute Gasteiger partial charge is 0.324 e. The van der Waals surface area contributed by atoms with Crippen LogP contribution in [0.1, 0.15) is 45.1 Å². The summed E-state index contributed by atoms with van der Waals surface area (Å²) >= 11 is 0. The number of nitrogens with one attached hydrogen (secondary N) is 1. The Bertz CT molecular complexity index is 520. The van der Waals surface area contributed by atoms with Crippen molar-refractivity contribution in [2.75, 3.05) is 5.43 Å². The molecule has 3 N–H and O–H groups in total. The quantitative estimate of drug-likeness (QED) is 0.633. The maximum atomic E-state index is 12.8. The van der Waals surface area contributed by atoms with Crippen LogP contribution in [0, 0.1) is 16.7 Å². The van der Waals surface area contributed by atoms with Gasteiger partial charge in [-0.25, -0.2) is 0 Å². The van der Waals surface area contributed by atoms with Gasteiger partial charge in [0.05, 0.1) is 0 Å². The second kappa shape index (κ2) is 3.83. The molecule has 102 valence electrons. The van der Waals surface area contributed by atoms with E-state index in [9.17, 15) is 4.79 Å². The molecule has 3 rings (SSSR count). The molecular weight excluding hydrogens is 236 g/mol. The number of carbonyl (C=O) groups is 1. The van der Waals surface area contributed by atoms with Crippen LogP contribution < -0.4 is 11.3 Å². The third-order valence-corrected chi connectivity index (χ3v) is 5.97. The fraction of sp³-hybridized carbons (Fsp3) is 0.562. The predicted molar refractivity (Wildman–Crippen MR) is 76.6 cm³/mol. The molecular formula is C16H22N2O. The van der Waals surface area contributed by atoms with Crippen molar-refractivity contribution in [3.8, 4) is 0 Å². The van der Waals surface area contributed by atoms with Gasteiger partial charge in [-0.2, -0.15) is 0 Å². The highest BCUT2D eigenvalue weighted by Gasteiger charge is 2.66. The van der Waals surface area contributed by atoms with E-state index in [4.69, 9.17) is 5.84 Å². The first-order valence-corrected chi connectivity index (χ1v) is 7.03. The van der Waals surface area contributed by atoms with Crippen molar-refractivity contribution >= 4 is 11.5 Å². The molecule has 0 amide bonds. The first-order valence-electron chi connectivity index (χ1n) is 7.03. The van der Waals surface area contributed by atoms with Crippen LogP contribution in [0.5, 0.6) is 0 Å². The lowest BCUT2D eigenvalue weighted by Crippen LogP contribution is -2.33. The van der Waals surface area contributed by atoms with Crippen molar-refractivity contribution in [1.29, 1.82) is 0 Å². The number of hydrogen-bond donors (Lipinski definition) is 2. The SMILES string of the molecule is CC12CCC(C(c3ccc(NN)cc3)C1=O)C2(C)C. The Morgan fingerprint density at radius 2 is 1.84 bits per heavy atom. The molecule has 0 spiro atoms. The van der Waals surface area contributed by atoms with E-state index in [2.05, 4.69) is 26.2 Å². The van der Waals surface area contributed by atoms with E-state index in [1.165, 1.54) is 0 Å². The summed E-state index contributed by atoms with van der Waals surface area (Å²) < 4.78 is 0. The normalized spacial score (nSPS) is 35.7. The van der Waals surface area contributed by atoms with E-state index >= 15 is 0 Å². The molecule has 3 unspecified atom stereocenters. The highest BCUT2D eigenvalue weighted by Crippen LogP contribution is 2.68. The minimum Gasteiger partial charge on any atom is -0.324 e. The van der Waals surface area contributed by atoms with Crippen LogP contribution in [0.3, 0.4) is 0 Å². The lowest BCUT2D eigenvalue weighted by Gasteiger charge is -2.32. The van der Waals surface area contributed by atoms with Crippen molar-refractivity contribution in [2.45, 2.75) is 39.5 Å². The summed E-state index contributed by atoms with van der Waals surface area (Å²) in [4.78, 5) is 12.8. The van der Waals surface area contributed by atoms with E-state index in [0.29, 0.717) is 11.7 Å². The zero-order valence-electron chi connectivity index (χ0n) is 11.9. The smallest absolute Gasteiger partial charge is 0.147 e. The minimum absolute atomic E-state index is 0.0700. The van der Waals surface area contributed by atoms with Gasteiger partial charge in [0, 0.05) is 17.0 Å². The minimum atomic E-state index is -0.146. The molecule has 2 fully saturated rings. The number of benzene rings is 1. The Morgan fingerprint density at radius 3 is 2.32 bits per heavy atom. The number of carbonyl (C=O) groups excluding carboxylic acids is 1. The van der Waals surface area contributed by atoms with Crippen LogP contribution in [0.2, 0.25) is 0 Å². The molecule has 3 heteroatoms. The van der Waals surface area contributed by atoms with Crippen molar-refractivity contribution < 1.29 is 4.79 Å².